The first-order valence-corrected chi connectivity index (χ1v) is 19.9. The minimum absolute atomic E-state index is 0.817. The lowest BCUT2D eigenvalue weighted by Crippen LogP contribution is -2.10. The molecule has 58 heavy (non-hydrogen) atoms. The Hall–Kier alpha value is -7.30. The number of nitrogens with zero attached hydrogens (tertiary/aromatic N) is 2. The highest BCUT2D eigenvalue weighted by Gasteiger charge is 2.19. The Morgan fingerprint density at radius 1 is 0.276 bits per heavy atom. The van der Waals surface area contributed by atoms with Crippen molar-refractivity contribution in [2.24, 2.45) is 0 Å². The average molecular weight is 749 g/mol. The third-order valence-electron chi connectivity index (χ3n) is 12.0. The van der Waals surface area contributed by atoms with Crippen molar-refractivity contribution in [3.63, 3.8) is 0 Å². The second-order valence-corrected chi connectivity index (χ2v) is 15.7. The van der Waals surface area contributed by atoms with Gasteiger partial charge in [-0.1, -0.05) is 60.7 Å². The fraction of sp³-hybridized carbons (Fsp3) is 0.0741. The topological polar surface area (TPSA) is 32.8 Å². The highest BCUT2D eigenvalue weighted by molar-refractivity contribution is 6.18. The lowest BCUT2D eigenvalue weighted by atomic mass is 10.0. The summed E-state index contributed by atoms with van der Waals surface area (Å²) in [5.74, 6) is 0. The van der Waals surface area contributed by atoms with Gasteiger partial charge < -0.3 is 18.6 Å². The van der Waals surface area contributed by atoms with Crippen molar-refractivity contribution in [1.82, 2.24) is 0 Å². The van der Waals surface area contributed by atoms with Gasteiger partial charge in [0, 0.05) is 61.7 Å². The molecular formula is C54H40N2O2. The van der Waals surface area contributed by atoms with E-state index in [0.717, 1.165) is 99.5 Å². The van der Waals surface area contributed by atoms with Crippen LogP contribution in [0.3, 0.4) is 0 Å². The molecule has 0 amide bonds. The van der Waals surface area contributed by atoms with Gasteiger partial charge in [0.25, 0.3) is 0 Å². The fourth-order valence-corrected chi connectivity index (χ4v) is 8.56. The number of aryl methyl sites for hydroxylation is 4. The molecule has 4 nitrogen and oxygen atoms in total. The minimum Gasteiger partial charge on any atom is -0.456 e. The lowest BCUT2D eigenvalue weighted by molar-refractivity contribution is 0.656. The second-order valence-electron chi connectivity index (χ2n) is 15.7. The first kappa shape index (κ1) is 34.0. The van der Waals surface area contributed by atoms with Gasteiger partial charge in [-0.2, -0.15) is 0 Å². The van der Waals surface area contributed by atoms with E-state index in [1.54, 1.807) is 0 Å². The van der Waals surface area contributed by atoms with E-state index in [0.29, 0.717) is 0 Å². The van der Waals surface area contributed by atoms with Crippen molar-refractivity contribution in [3.8, 4) is 0 Å². The third kappa shape index (κ3) is 5.60. The highest BCUT2D eigenvalue weighted by Crippen LogP contribution is 2.43. The second kappa shape index (κ2) is 13.1. The molecule has 0 N–H and O–H groups in total. The number of hydrogen-bond acceptors (Lipinski definition) is 4. The van der Waals surface area contributed by atoms with Crippen molar-refractivity contribution >= 4 is 99.5 Å². The van der Waals surface area contributed by atoms with Gasteiger partial charge in [-0.3, -0.25) is 0 Å². The molecule has 0 aliphatic heterocycles. The van der Waals surface area contributed by atoms with Crippen LogP contribution in [0.1, 0.15) is 22.3 Å². The molecule has 0 spiro atoms. The smallest absolute Gasteiger partial charge is 0.139 e. The summed E-state index contributed by atoms with van der Waals surface area (Å²) in [5, 5.41) is 8.93. The predicted octanol–water partition coefficient (Wildman–Crippen LogP) is 16.0. The molecule has 11 rings (SSSR count). The van der Waals surface area contributed by atoms with Gasteiger partial charge in [-0.25, -0.2) is 0 Å². The number of benzene rings is 9. The van der Waals surface area contributed by atoms with Crippen molar-refractivity contribution in [2.45, 2.75) is 27.7 Å². The van der Waals surface area contributed by atoms with Crippen LogP contribution < -0.4 is 9.80 Å². The van der Waals surface area contributed by atoms with Crippen LogP contribution in [0.2, 0.25) is 0 Å². The third-order valence-corrected chi connectivity index (χ3v) is 12.0. The Balaban J connectivity index is 1.00. The maximum atomic E-state index is 6.60. The van der Waals surface area contributed by atoms with Gasteiger partial charge in [-0.05, 0) is 175 Å². The molecule has 0 saturated heterocycles. The van der Waals surface area contributed by atoms with Crippen LogP contribution in [0.15, 0.2) is 179 Å². The average Bonchev–Trinajstić information content (AvgIpc) is 3.77. The molecule has 0 atom stereocenters. The number of hydrogen-bond donors (Lipinski definition) is 0. The Kier molecular flexibility index (Phi) is 7.70. The summed E-state index contributed by atoms with van der Waals surface area (Å²) >= 11 is 0. The molecule has 0 unspecified atom stereocenters. The van der Waals surface area contributed by atoms with E-state index in [2.05, 4.69) is 207 Å². The van der Waals surface area contributed by atoms with Crippen LogP contribution >= 0.6 is 0 Å². The molecule has 0 aliphatic carbocycles. The molecule has 9 aromatic carbocycles. The van der Waals surface area contributed by atoms with E-state index in [9.17, 15) is 0 Å². The van der Waals surface area contributed by atoms with Crippen LogP contribution in [-0.2, 0) is 0 Å². The van der Waals surface area contributed by atoms with Crippen LogP contribution in [0, 0.1) is 27.7 Å². The van der Waals surface area contributed by atoms with Gasteiger partial charge in [0.2, 0.25) is 0 Å². The summed E-state index contributed by atoms with van der Waals surface area (Å²) in [6.07, 6.45) is 0. The predicted molar refractivity (Wildman–Crippen MR) is 244 cm³/mol. The molecule has 2 heterocycles. The van der Waals surface area contributed by atoms with Crippen LogP contribution in [0.25, 0.3) is 65.4 Å². The van der Waals surface area contributed by atoms with Crippen molar-refractivity contribution in [1.29, 1.82) is 0 Å². The zero-order valence-electron chi connectivity index (χ0n) is 32.9. The normalized spacial score (nSPS) is 11.8. The molecule has 0 aliphatic rings. The van der Waals surface area contributed by atoms with E-state index in [1.807, 2.05) is 0 Å². The Morgan fingerprint density at radius 3 is 1.09 bits per heavy atom. The summed E-state index contributed by atoms with van der Waals surface area (Å²) < 4.78 is 13.2. The summed E-state index contributed by atoms with van der Waals surface area (Å²) in [6, 6.07) is 61.1. The zero-order valence-corrected chi connectivity index (χ0v) is 32.9. The molecule has 2 aromatic heterocycles. The molecule has 4 heteroatoms. The van der Waals surface area contributed by atoms with Gasteiger partial charge in [0.15, 0.2) is 0 Å². The maximum absolute atomic E-state index is 6.60. The molecular weight excluding hydrogens is 709 g/mol. The standard InChI is InChI=1S/C54H40N2O2/c1-33-15-19-43(23-35(33)3)55(41-11-7-5-8-12-41)45-21-17-37-27-47-49-31-50-48-28-38-18-22-46(56(42-13-9-6-10-14-42)44-20-16-34(2)36(4)24-44)26-40(38)30-52(48)58-54(50)32-53(49)57-51(47)29-39(37)25-45/h5-32H,1-4H3. The summed E-state index contributed by atoms with van der Waals surface area (Å²) in [5.41, 5.74) is 15.1. The molecule has 278 valence electrons. The van der Waals surface area contributed by atoms with E-state index in [4.69, 9.17) is 8.83 Å². The molecule has 0 bridgehead atoms. The number of anilines is 6. The largest absolute Gasteiger partial charge is 0.456 e. The molecule has 0 saturated carbocycles. The van der Waals surface area contributed by atoms with E-state index in [1.165, 1.54) is 22.3 Å². The van der Waals surface area contributed by atoms with E-state index < -0.39 is 0 Å². The number of furan rings is 2. The Labute approximate surface area is 336 Å². The first-order chi connectivity index (χ1) is 28.3. The maximum Gasteiger partial charge on any atom is 0.139 e. The zero-order chi connectivity index (χ0) is 39.1. The number of fused-ring (bicyclic) bond motifs is 8. The molecule has 0 radical (unpaired) electrons. The van der Waals surface area contributed by atoms with Crippen LogP contribution in [-0.4, -0.2) is 0 Å². The van der Waals surface area contributed by atoms with Crippen molar-refractivity contribution < 1.29 is 8.83 Å². The minimum atomic E-state index is 0.817. The van der Waals surface area contributed by atoms with Gasteiger partial charge in [0.05, 0.1) is 0 Å². The van der Waals surface area contributed by atoms with Crippen LogP contribution in [0.5, 0.6) is 0 Å². The highest BCUT2D eigenvalue weighted by atomic mass is 16.3. The Bertz CT molecular complexity index is 3170. The fourth-order valence-electron chi connectivity index (χ4n) is 8.56. The first-order valence-electron chi connectivity index (χ1n) is 19.9. The number of para-hydroxylation sites is 2. The summed E-state index contributed by atoms with van der Waals surface area (Å²) in [6.45, 7) is 8.66. The number of rotatable bonds is 6. The van der Waals surface area contributed by atoms with Crippen molar-refractivity contribution in [3.05, 3.63) is 192 Å². The Morgan fingerprint density at radius 2 is 0.655 bits per heavy atom. The molecule has 11 aromatic rings. The monoisotopic (exact) mass is 748 g/mol. The van der Waals surface area contributed by atoms with E-state index in [-0.39, 0.29) is 0 Å². The SMILES string of the molecule is Cc1ccc(N(c2ccccc2)c2ccc3cc4c(cc3c2)oc2cc3oc5cc6cc(N(c7ccccc7)c7ccc(C)c(C)c7)ccc6cc5c3cc24)cc1C. The summed E-state index contributed by atoms with van der Waals surface area (Å²) in [7, 11) is 0. The quantitative estimate of drug-likeness (QED) is 0.170. The van der Waals surface area contributed by atoms with Gasteiger partial charge in [0.1, 0.15) is 22.3 Å². The van der Waals surface area contributed by atoms with Gasteiger partial charge in [-0.15, -0.1) is 0 Å². The summed E-state index contributed by atoms with van der Waals surface area (Å²) in [4.78, 5) is 4.64. The molecule has 0 fully saturated rings. The lowest BCUT2D eigenvalue weighted by Gasteiger charge is -2.26. The van der Waals surface area contributed by atoms with Crippen LogP contribution in [0.4, 0.5) is 34.1 Å². The van der Waals surface area contributed by atoms with E-state index >= 15 is 0 Å². The van der Waals surface area contributed by atoms with Gasteiger partial charge >= 0.3 is 0 Å². The van der Waals surface area contributed by atoms with Crippen molar-refractivity contribution in [2.75, 3.05) is 9.80 Å².